The van der Waals surface area contributed by atoms with E-state index >= 15 is 0 Å². The first-order valence-electron chi connectivity index (χ1n) is 8.33. The van der Waals surface area contributed by atoms with E-state index in [1.165, 1.54) is 0 Å². The summed E-state index contributed by atoms with van der Waals surface area (Å²) in [5.74, 6) is 0.767. The highest BCUT2D eigenvalue weighted by atomic mass is 35.5. The smallest absolute Gasteiger partial charge is 0.213 e. The lowest BCUT2D eigenvalue weighted by Gasteiger charge is -2.30. The van der Waals surface area contributed by atoms with Crippen molar-refractivity contribution in [2.24, 2.45) is 10.7 Å². The van der Waals surface area contributed by atoms with Crippen LogP contribution < -0.4 is 16.0 Å². The molecule has 1 atom stereocenters. The number of halogens is 1. The second-order valence-electron chi connectivity index (χ2n) is 5.84. The summed E-state index contributed by atoms with van der Waals surface area (Å²) in [6.07, 6.45) is 3.75. The molecule has 2 aromatic heterocycles. The van der Waals surface area contributed by atoms with Crippen LogP contribution in [0.25, 0.3) is 11.0 Å². The number of nitrogens with two attached hydrogens (primary N) is 1. The first-order valence-corrected chi connectivity index (χ1v) is 9.59. The summed E-state index contributed by atoms with van der Waals surface area (Å²) < 4.78 is 2.08. The number of hydrogen-bond acceptors (Lipinski definition) is 6. The molecule has 1 aliphatic heterocycles. The number of aromatic nitrogens is 2. The Bertz CT molecular complexity index is 975. The summed E-state index contributed by atoms with van der Waals surface area (Å²) in [7, 11) is 1.88. The summed E-state index contributed by atoms with van der Waals surface area (Å²) in [6.45, 7) is 1.16. The Morgan fingerprint density at radius 3 is 2.92 bits per heavy atom. The third kappa shape index (κ3) is 2.93. The number of allylic oxidation sites excluding steroid dienone is 1. The van der Waals surface area contributed by atoms with Crippen LogP contribution in [0.5, 0.6) is 0 Å². The van der Waals surface area contributed by atoms with Crippen LogP contribution in [0, 0.1) is 0 Å². The Labute approximate surface area is 160 Å². The predicted octanol–water partition coefficient (Wildman–Crippen LogP) is 3.04. The maximum atomic E-state index is 6.36. The van der Waals surface area contributed by atoms with Gasteiger partial charge in [0.15, 0.2) is 6.29 Å². The number of hydrogen-bond donors (Lipinski definition) is 2. The minimum Gasteiger partial charge on any atom is -0.329 e. The molecular weight excluding hydrogens is 368 g/mol. The molecule has 3 heterocycles. The van der Waals surface area contributed by atoms with E-state index in [0.717, 1.165) is 27.6 Å². The predicted molar refractivity (Wildman–Crippen MR) is 109 cm³/mol. The summed E-state index contributed by atoms with van der Waals surface area (Å²) in [6, 6.07) is 9.88. The summed E-state index contributed by atoms with van der Waals surface area (Å²) in [5.41, 5.74) is 8.53. The van der Waals surface area contributed by atoms with Crippen molar-refractivity contribution in [1.29, 1.82) is 0 Å². The van der Waals surface area contributed by atoms with Crippen LogP contribution in [0.3, 0.4) is 0 Å². The highest BCUT2D eigenvalue weighted by Gasteiger charge is 2.25. The third-order valence-corrected chi connectivity index (χ3v) is 5.44. The fourth-order valence-electron chi connectivity index (χ4n) is 3.07. The molecule has 0 fully saturated rings. The van der Waals surface area contributed by atoms with Gasteiger partial charge in [-0.2, -0.15) is 0 Å². The van der Waals surface area contributed by atoms with Gasteiger partial charge in [-0.1, -0.05) is 23.7 Å². The zero-order chi connectivity index (χ0) is 18.1. The Morgan fingerprint density at radius 2 is 2.19 bits per heavy atom. The average Bonchev–Trinajstić information content (AvgIpc) is 3.31. The highest BCUT2D eigenvalue weighted by Crippen LogP contribution is 2.30. The van der Waals surface area contributed by atoms with E-state index in [9.17, 15) is 0 Å². The number of nitrogens with zero attached hydrogens (tertiary/aromatic N) is 4. The van der Waals surface area contributed by atoms with Gasteiger partial charge in [-0.3, -0.25) is 10.2 Å². The molecule has 8 heteroatoms. The molecule has 3 N–H and O–H groups in total. The summed E-state index contributed by atoms with van der Waals surface area (Å²) >= 11 is 8.03. The summed E-state index contributed by atoms with van der Waals surface area (Å²) in [4.78, 5) is 12.8. The van der Waals surface area contributed by atoms with E-state index in [2.05, 4.69) is 21.3 Å². The van der Waals surface area contributed by atoms with Gasteiger partial charge in [-0.05, 0) is 36.7 Å². The van der Waals surface area contributed by atoms with E-state index < -0.39 is 0 Å². The number of anilines is 1. The second kappa shape index (κ2) is 7.20. The van der Waals surface area contributed by atoms with Gasteiger partial charge in [0.2, 0.25) is 5.95 Å². The quantitative estimate of drug-likeness (QED) is 0.707. The molecule has 0 saturated carbocycles. The minimum atomic E-state index is -0.260. The van der Waals surface area contributed by atoms with E-state index in [0.29, 0.717) is 18.1 Å². The van der Waals surface area contributed by atoms with Crippen LogP contribution in [-0.2, 0) is 6.54 Å². The molecule has 0 amide bonds. The van der Waals surface area contributed by atoms with Crippen molar-refractivity contribution in [3.8, 4) is 0 Å². The van der Waals surface area contributed by atoms with Crippen LogP contribution in [0.4, 0.5) is 5.95 Å². The van der Waals surface area contributed by atoms with Crippen LogP contribution >= 0.6 is 22.9 Å². The van der Waals surface area contributed by atoms with Gasteiger partial charge >= 0.3 is 0 Å². The number of imidazole rings is 1. The summed E-state index contributed by atoms with van der Waals surface area (Å²) in [5, 5.41) is 5.93. The van der Waals surface area contributed by atoms with Gasteiger partial charge in [-0.25, -0.2) is 9.98 Å². The first-order chi connectivity index (χ1) is 12.7. The molecule has 1 aliphatic rings. The van der Waals surface area contributed by atoms with E-state index in [-0.39, 0.29) is 6.29 Å². The molecule has 134 valence electrons. The van der Waals surface area contributed by atoms with Crippen molar-refractivity contribution in [2.75, 3.05) is 18.5 Å². The number of benzene rings is 1. The third-order valence-electron chi connectivity index (χ3n) is 4.24. The highest BCUT2D eigenvalue weighted by molar-refractivity contribution is 7.12. The molecular formula is C18H19ClN6S. The number of thiophene rings is 1. The van der Waals surface area contributed by atoms with Crippen molar-refractivity contribution >= 4 is 45.6 Å². The minimum absolute atomic E-state index is 0.260. The molecule has 0 radical (unpaired) electrons. The molecule has 0 saturated heterocycles. The molecule has 0 spiro atoms. The van der Waals surface area contributed by atoms with E-state index in [1.807, 2.05) is 48.5 Å². The number of rotatable bonds is 5. The number of nitrogens with one attached hydrogen (secondary N) is 1. The number of fused-ring (bicyclic) bond motifs is 1. The zero-order valence-corrected chi connectivity index (χ0v) is 15.8. The van der Waals surface area contributed by atoms with Gasteiger partial charge in [0, 0.05) is 19.3 Å². The van der Waals surface area contributed by atoms with Gasteiger partial charge in [-0.15, -0.1) is 11.3 Å². The van der Waals surface area contributed by atoms with Crippen LogP contribution in [0.1, 0.15) is 4.88 Å². The first kappa shape index (κ1) is 17.2. The van der Waals surface area contributed by atoms with Gasteiger partial charge < -0.3 is 10.3 Å². The Balaban J connectivity index is 1.79. The van der Waals surface area contributed by atoms with Gasteiger partial charge in [0.25, 0.3) is 0 Å². The normalized spacial score (nSPS) is 17.1. The lowest BCUT2D eigenvalue weighted by Crippen LogP contribution is -2.43. The molecule has 1 unspecified atom stereocenters. The molecule has 0 bridgehead atoms. The molecule has 4 rings (SSSR count). The zero-order valence-electron chi connectivity index (χ0n) is 14.3. The Hall–Kier alpha value is -2.19. The molecule has 26 heavy (non-hydrogen) atoms. The number of para-hydroxylation sites is 1. The van der Waals surface area contributed by atoms with Crippen molar-refractivity contribution in [2.45, 2.75) is 12.8 Å². The standard InChI is InChI=1S/C18H19ClN6S/c1-21-17-22-13(15-6-3-11-26-15)7-9-25(17)18-23-16-12(19)4-2-5-14(16)24(18)10-8-20/h2-7,9,11,17,21H,8,10,20H2,1H3. The van der Waals surface area contributed by atoms with Crippen molar-refractivity contribution < 1.29 is 0 Å². The van der Waals surface area contributed by atoms with Gasteiger partial charge in [0.05, 0.1) is 21.1 Å². The van der Waals surface area contributed by atoms with E-state index in [4.69, 9.17) is 27.3 Å². The Kier molecular flexibility index (Phi) is 4.78. The second-order valence-corrected chi connectivity index (χ2v) is 7.19. The Morgan fingerprint density at radius 1 is 1.31 bits per heavy atom. The SMILES string of the molecule is CNC1N=C(c2cccs2)C=CN1c1nc2c(Cl)cccc2n1CCN. The molecule has 6 nitrogen and oxygen atoms in total. The van der Waals surface area contributed by atoms with Crippen molar-refractivity contribution in [3.63, 3.8) is 0 Å². The fourth-order valence-corrected chi connectivity index (χ4v) is 3.98. The monoisotopic (exact) mass is 386 g/mol. The van der Waals surface area contributed by atoms with Crippen molar-refractivity contribution in [1.82, 2.24) is 14.9 Å². The van der Waals surface area contributed by atoms with Crippen LogP contribution in [0.2, 0.25) is 5.02 Å². The molecule has 1 aromatic carbocycles. The number of aliphatic imine (C=N–C) groups is 1. The maximum Gasteiger partial charge on any atom is 0.213 e. The van der Waals surface area contributed by atoms with E-state index in [1.54, 1.807) is 11.3 Å². The molecule has 3 aromatic rings. The maximum absolute atomic E-state index is 6.36. The molecule has 0 aliphatic carbocycles. The lowest BCUT2D eigenvalue weighted by atomic mass is 10.2. The largest absolute Gasteiger partial charge is 0.329 e. The van der Waals surface area contributed by atoms with Crippen LogP contribution in [-0.4, -0.2) is 35.1 Å². The average molecular weight is 387 g/mol. The topological polar surface area (TPSA) is 71.5 Å². The lowest BCUT2D eigenvalue weighted by molar-refractivity contribution is 0.566. The van der Waals surface area contributed by atoms with Crippen molar-refractivity contribution in [3.05, 3.63) is 57.9 Å². The van der Waals surface area contributed by atoms with Gasteiger partial charge in [0.1, 0.15) is 5.52 Å². The van der Waals surface area contributed by atoms with Crippen LogP contribution in [0.15, 0.2) is 53.0 Å². The fraction of sp³-hybridized carbons (Fsp3) is 0.222.